The first-order valence-electron chi connectivity index (χ1n) is 11.6. The number of benzene rings is 3. The molecule has 2 heterocycles. The van der Waals surface area contributed by atoms with Gasteiger partial charge in [-0.25, -0.2) is 9.37 Å². The second-order valence-corrected chi connectivity index (χ2v) is 8.56. The first-order chi connectivity index (χ1) is 17.4. The Labute approximate surface area is 208 Å². The van der Waals surface area contributed by atoms with E-state index in [0.29, 0.717) is 40.7 Å². The molecule has 5 rings (SSSR count). The molecular weight excluding hydrogens is 457 g/mol. The highest BCUT2D eigenvalue weighted by molar-refractivity contribution is 5.93. The molecule has 7 heteroatoms. The van der Waals surface area contributed by atoms with E-state index >= 15 is 4.39 Å². The smallest absolute Gasteiger partial charge is 0.174 e. The highest BCUT2D eigenvalue weighted by atomic mass is 19.1. The van der Waals surface area contributed by atoms with E-state index in [9.17, 15) is 5.11 Å². The molecule has 0 bridgehead atoms. The molecule has 3 N–H and O–H groups in total. The van der Waals surface area contributed by atoms with Gasteiger partial charge >= 0.3 is 0 Å². The Kier molecular flexibility index (Phi) is 6.08. The minimum absolute atomic E-state index is 0.0323. The van der Waals surface area contributed by atoms with E-state index in [1.54, 1.807) is 37.5 Å². The number of nitrogens with one attached hydrogen (secondary N) is 2. The maximum Gasteiger partial charge on any atom is 0.174 e. The fourth-order valence-corrected chi connectivity index (χ4v) is 4.23. The van der Waals surface area contributed by atoms with Crippen LogP contribution < -0.4 is 4.74 Å². The molecule has 0 spiro atoms. The van der Waals surface area contributed by atoms with Crippen LogP contribution >= 0.6 is 0 Å². The SMILES string of the molecule is C=C(OCC)c1c(Oc2cccc(-c3nc(C(C)(O)c4ccccc4)c[nH]3)c2)c(F)cc2[nH]ccc12. The number of fused-ring (bicyclic) bond motifs is 1. The molecule has 3 aromatic carbocycles. The van der Waals surface area contributed by atoms with Crippen LogP contribution in [0.4, 0.5) is 4.39 Å². The van der Waals surface area contributed by atoms with E-state index in [1.807, 2.05) is 49.4 Å². The van der Waals surface area contributed by atoms with E-state index in [4.69, 9.17) is 9.47 Å². The van der Waals surface area contributed by atoms with Crippen molar-refractivity contribution in [1.82, 2.24) is 15.0 Å². The van der Waals surface area contributed by atoms with Crippen LogP contribution in [0.5, 0.6) is 11.5 Å². The summed E-state index contributed by atoms with van der Waals surface area (Å²) in [6, 6.07) is 19.7. The van der Waals surface area contributed by atoms with Gasteiger partial charge in [0.25, 0.3) is 0 Å². The first-order valence-corrected chi connectivity index (χ1v) is 11.6. The van der Waals surface area contributed by atoms with E-state index in [1.165, 1.54) is 6.07 Å². The van der Waals surface area contributed by atoms with Gasteiger partial charge in [0.15, 0.2) is 11.6 Å². The Morgan fingerprint density at radius 1 is 1.08 bits per heavy atom. The van der Waals surface area contributed by atoms with Crippen LogP contribution in [0, 0.1) is 5.82 Å². The second-order valence-electron chi connectivity index (χ2n) is 8.56. The van der Waals surface area contributed by atoms with Crippen molar-refractivity contribution in [2.75, 3.05) is 6.61 Å². The van der Waals surface area contributed by atoms with Gasteiger partial charge in [0.05, 0.1) is 17.9 Å². The molecule has 1 atom stereocenters. The Morgan fingerprint density at radius 3 is 2.67 bits per heavy atom. The number of aliphatic hydroxyl groups is 1. The Bertz CT molecular complexity index is 1540. The summed E-state index contributed by atoms with van der Waals surface area (Å²) < 4.78 is 26.9. The zero-order chi connectivity index (χ0) is 25.3. The summed E-state index contributed by atoms with van der Waals surface area (Å²) in [5.74, 6) is 0.786. The molecule has 0 aliphatic heterocycles. The van der Waals surface area contributed by atoms with Crippen molar-refractivity contribution < 1.29 is 19.0 Å². The van der Waals surface area contributed by atoms with Crippen LogP contribution in [0.1, 0.15) is 30.7 Å². The van der Waals surface area contributed by atoms with Gasteiger partial charge in [0, 0.05) is 34.9 Å². The predicted octanol–water partition coefficient (Wildman–Crippen LogP) is 6.75. The molecule has 6 nitrogen and oxygen atoms in total. The Balaban J connectivity index is 1.49. The molecular formula is C29H26FN3O3. The van der Waals surface area contributed by atoms with Crippen molar-refractivity contribution in [1.29, 1.82) is 0 Å². The second kappa shape index (κ2) is 9.36. The summed E-state index contributed by atoms with van der Waals surface area (Å²) >= 11 is 0. The molecule has 36 heavy (non-hydrogen) atoms. The highest BCUT2D eigenvalue weighted by Crippen LogP contribution is 2.39. The number of hydrogen-bond acceptors (Lipinski definition) is 4. The van der Waals surface area contributed by atoms with Gasteiger partial charge in [-0.1, -0.05) is 49.0 Å². The minimum atomic E-state index is -1.27. The van der Waals surface area contributed by atoms with Crippen LogP contribution in [0.15, 0.2) is 85.7 Å². The molecule has 0 aliphatic rings. The third kappa shape index (κ3) is 4.25. The van der Waals surface area contributed by atoms with Crippen molar-refractivity contribution in [3.05, 3.63) is 108 Å². The standard InChI is InChI=1S/C29H26FN3O3/c1-4-35-18(2)26-22-13-14-31-24(22)16-23(30)27(26)36-21-12-8-9-19(15-21)28-32-17-25(33-28)29(3,34)20-10-6-5-7-11-20/h5-17,31,34H,2,4H2,1,3H3,(H,32,33). The molecule has 0 aliphatic carbocycles. The summed E-state index contributed by atoms with van der Waals surface area (Å²) in [6.45, 7) is 7.92. The number of ether oxygens (including phenoxy) is 2. The van der Waals surface area contributed by atoms with Crippen LogP contribution in [0.25, 0.3) is 28.0 Å². The number of nitrogens with zero attached hydrogens (tertiary/aromatic N) is 1. The number of imidazole rings is 1. The monoisotopic (exact) mass is 483 g/mol. The minimum Gasteiger partial charge on any atom is -0.494 e. The molecule has 5 aromatic rings. The Hall–Kier alpha value is -4.36. The van der Waals surface area contributed by atoms with Crippen LogP contribution in [0.2, 0.25) is 0 Å². The lowest BCUT2D eigenvalue weighted by Gasteiger charge is -2.21. The summed E-state index contributed by atoms with van der Waals surface area (Å²) in [7, 11) is 0. The van der Waals surface area contributed by atoms with Crippen LogP contribution in [-0.4, -0.2) is 26.7 Å². The molecule has 0 saturated carbocycles. The van der Waals surface area contributed by atoms with E-state index in [-0.39, 0.29) is 5.75 Å². The fraction of sp³-hybridized carbons (Fsp3) is 0.138. The third-order valence-electron chi connectivity index (χ3n) is 6.10. The highest BCUT2D eigenvalue weighted by Gasteiger charge is 2.28. The molecule has 0 saturated heterocycles. The van der Waals surface area contributed by atoms with Gasteiger partial charge in [-0.2, -0.15) is 0 Å². The van der Waals surface area contributed by atoms with Gasteiger partial charge in [-0.05, 0) is 37.6 Å². The maximum atomic E-state index is 15.2. The van der Waals surface area contributed by atoms with Crippen molar-refractivity contribution in [2.24, 2.45) is 0 Å². The Morgan fingerprint density at radius 2 is 1.89 bits per heavy atom. The number of aromatic amines is 2. The molecule has 0 radical (unpaired) electrons. The largest absolute Gasteiger partial charge is 0.494 e. The van der Waals surface area contributed by atoms with E-state index in [0.717, 1.165) is 16.5 Å². The van der Waals surface area contributed by atoms with Crippen LogP contribution in [-0.2, 0) is 10.3 Å². The van der Waals surface area contributed by atoms with Gasteiger partial charge in [0.1, 0.15) is 22.9 Å². The van der Waals surface area contributed by atoms with E-state index in [2.05, 4.69) is 21.5 Å². The maximum absolute atomic E-state index is 15.2. The quantitative estimate of drug-likeness (QED) is 0.213. The van der Waals surface area contributed by atoms with E-state index < -0.39 is 11.4 Å². The molecule has 0 fully saturated rings. The lowest BCUT2D eigenvalue weighted by atomic mass is 9.93. The fourth-order valence-electron chi connectivity index (χ4n) is 4.23. The van der Waals surface area contributed by atoms with Crippen molar-refractivity contribution in [2.45, 2.75) is 19.4 Å². The lowest BCUT2D eigenvalue weighted by molar-refractivity contribution is 0.0979. The summed E-state index contributed by atoms with van der Waals surface area (Å²) in [4.78, 5) is 10.8. The van der Waals surface area contributed by atoms with Crippen molar-refractivity contribution in [3.8, 4) is 22.9 Å². The predicted molar refractivity (Wildman–Crippen MR) is 138 cm³/mol. The third-order valence-corrected chi connectivity index (χ3v) is 6.10. The van der Waals surface area contributed by atoms with Crippen LogP contribution in [0.3, 0.4) is 0 Å². The zero-order valence-electron chi connectivity index (χ0n) is 20.0. The average molecular weight is 484 g/mol. The summed E-state index contributed by atoms with van der Waals surface area (Å²) in [5.41, 5.74) is 1.74. The molecule has 0 amide bonds. The molecule has 2 aromatic heterocycles. The van der Waals surface area contributed by atoms with Crippen molar-refractivity contribution in [3.63, 3.8) is 0 Å². The van der Waals surface area contributed by atoms with Crippen molar-refractivity contribution >= 4 is 16.7 Å². The number of hydrogen-bond donors (Lipinski definition) is 3. The first kappa shape index (κ1) is 23.4. The molecule has 1 unspecified atom stereocenters. The normalized spacial score (nSPS) is 12.9. The topological polar surface area (TPSA) is 83.2 Å². The summed E-state index contributed by atoms with van der Waals surface area (Å²) in [5, 5.41) is 11.9. The van der Waals surface area contributed by atoms with Gasteiger partial charge in [-0.15, -0.1) is 0 Å². The number of aromatic nitrogens is 3. The number of H-pyrrole nitrogens is 2. The average Bonchev–Trinajstić information content (AvgIpc) is 3.56. The summed E-state index contributed by atoms with van der Waals surface area (Å²) in [6.07, 6.45) is 3.41. The van der Waals surface area contributed by atoms with Gasteiger partial charge < -0.3 is 24.5 Å². The molecule has 182 valence electrons. The number of rotatable bonds is 8. The zero-order valence-corrected chi connectivity index (χ0v) is 20.0. The lowest BCUT2D eigenvalue weighted by Crippen LogP contribution is -2.23. The number of halogens is 1. The van der Waals surface area contributed by atoms with Gasteiger partial charge in [0.2, 0.25) is 0 Å². The van der Waals surface area contributed by atoms with Gasteiger partial charge in [-0.3, -0.25) is 0 Å².